The van der Waals surface area contributed by atoms with Gasteiger partial charge in [-0.3, -0.25) is 4.79 Å². The molecule has 1 N–H and O–H groups in total. The average molecular weight is 400 g/mol. The molecule has 0 atom stereocenters. The number of hydrogen-bond acceptors (Lipinski definition) is 3. The number of benzene rings is 1. The van der Waals surface area contributed by atoms with Gasteiger partial charge in [-0.1, -0.05) is 36.5 Å². The predicted molar refractivity (Wildman–Crippen MR) is 105 cm³/mol. The van der Waals surface area contributed by atoms with Gasteiger partial charge in [0, 0.05) is 10.0 Å². The zero-order chi connectivity index (χ0) is 19.3. The molecule has 1 saturated carbocycles. The van der Waals surface area contributed by atoms with Gasteiger partial charge in [-0.25, -0.2) is 4.79 Å². The lowest BCUT2D eigenvalue weighted by Gasteiger charge is -2.38. The highest BCUT2D eigenvalue weighted by Crippen LogP contribution is 2.35. The lowest BCUT2D eigenvalue weighted by atomic mass is 9.75. The number of rotatable bonds is 6. The minimum Gasteiger partial charge on any atom is -0.464 e. The van der Waals surface area contributed by atoms with Crippen LogP contribution in [0, 0.1) is 12.8 Å². The van der Waals surface area contributed by atoms with Gasteiger partial charge in [0.2, 0.25) is 5.91 Å². The maximum atomic E-state index is 12.7. The van der Waals surface area contributed by atoms with Crippen molar-refractivity contribution in [3.05, 3.63) is 33.3 Å². The SMILES string of the molecule is CCOC(=O)C1(NC(=O)Cc2c(C)cc(Cl)cc2Cl)CCC(CC)CC1. The molecule has 1 fully saturated rings. The Bertz CT molecular complexity index is 644. The highest BCUT2D eigenvalue weighted by molar-refractivity contribution is 6.35. The maximum Gasteiger partial charge on any atom is 0.331 e. The lowest BCUT2D eigenvalue weighted by molar-refractivity contribution is -0.155. The molecule has 1 aromatic carbocycles. The van der Waals surface area contributed by atoms with E-state index in [1.807, 2.05) is 6.92 Å². The van der Waals surface area contributed by atoms with Crippen molar-refractivity contribution in [3.8, 4) is 0 Å². The van der Waals surface area contributed by atoms with Crippen LogP contribution >= 0.6 is 23.2 Å². The number of carbonyl (C=O) groups is 2. The fourth-order valence-electron chi connectivity index (χ4n) is 3.66. The number of carbonyl (C=O) groups excluding carboxylic acids is 2. The second-order valence-electron chi connectivity index (χ2n) is 7.06. The minimum absolute atomic E-state index is 0.111. The van der Waals surface area contributed by atoms with E-state index in [9.17, 15) is 9.59 Å². The third-order valence-corrected chi connectivity index (χ3v) is 5.86. The van der Waals surface area contributed by atoms with Gasteiger partial charge in [0.15, 0.2) is 0 Å². The number of esters is 1. The van der Waals surface area contributed by atoms with Gasteiger partial charge in [0.05, 0.1) is 13.0 Å². The van der Waals surface area contributed by atoms with Crippen LogP contribution in [0.2, 0.25) is 10.0 Å². The predicted octanol–water partition coefficient (Wildman–Crippen LogP) is 4.86. The zero-order valence-electron chi connectivity index (χ0n) is 15.7. The summed E-state index contributed by atoms with van der Waals surface area (Å²) in [4.78, 5) is 25.3. The van der Waals surface area contributed by atoms with Gasteiger partial charge >= 0.3 is 5.97 Å². The number of nitrogens with one attached hydrogen (secondary N) is 1. The zero-order valence-corrected chi connectivity index (χ0v) is 17.2. The molecule has 0 heterocycles. The second kappa shape index (κ2) is 9.09. The molecule has 0 radical (unpaired) electrons. The molecular formula is C20H27Cl2NO3. The van der Waals surface area contributed by atoms with E-state index in [0.29, 0.717) is 35.4 Å². The molecule has 0 spiro atoms. The van der Waals surface area contributed by atoms with Gasteiger partial charge in [0.25, 0.3) is 0 Å². The van der Waals surface area contributed by atoms with Gasteiger partial charge in [0.1, 0.15) is 5.54 Å². The van der Waals surface area contributed by atoms with E-state index in [1.165, 1.54) is 0 Å². The van der Waals surface area contributed by atoms with Crippen molar-refractivity contribution in [1.29, 1.82) is 0 Å². The molecule has 0 aromatic heterocycles. The lowest BCUT2D eigenvalue weighted by Crippen LogP contribution is -2.57. The third kappa shape index (κ3) is 4.92. The monoisotopic (exact) mass is 399 g/mol. The van der Waals surface area contributed by atoms with Crippen LogP contribution in [0.5, 0.6) is 0 Å². The van der Waals surface area contributed by atoms with Crippen LogP contribution in [0.4, 0.5) is 0 Å². The summed E-state index contributed by atoms with van der Waals surface area (Å²) in [5.74, 6) is 0.0459. The Morgan fingerprint density at radius 2 is 1.88 bits per heavy atom. The Morgan fingerprint density at radius 3 is 2.42 bits per heavy atom. The first-order valence-electron chi connectivity index (χ1n) is 9.24. The number of aryl methyl sites for hydroxylation is 1. The van der Waals surface area contributed by atoms with Crippen LogP contribution in [0.3, 0.4) is 0 Å². The summed E-state index contributed by atoms with van der Waals surface area (Å²) in [6, 6.07) is 3.41. The van der Waals surface area contributed by atoms with Crippen LogP contribution in [-0.4, -0.2) is 24.0 Å². The van der Waals surface area contributed by atoms with E-state index in [2.05, 4.69) is 12.2 Å². The molecule has 0 unspecified atom stereocenters. The van der Waals surface area contributed by atoms with Crippen molar-refractivity contribution in [3.63, 3.8) is 0 Å². The van der Waals surface area contributed by atoms with Crippen LogP contribution in [0.1, 0.15) is 57.1 Å². The molecule has 1 aliphatic rings. The maximum absolute atomic E-state index is 12.7. The normalized spacial score (nSPS) is 22.7. The van der Waals surface area contributed by atoms with E-state index < -0.39 is 5.54 Å². The summed E-state index contributed by atoms with van der Waals surface area (Å²) in [5.41, 5.74) is 0.665. The Hall–Kier alpha value is -1.26. The summed E-state index contributed by atoms with van der Waals surface area (Å²) < 4.78 is 5.27. The van der Waals surface area contributed by atoms with E-state index in [-0.39, 0.29) is 18.3 Å². The van der Waals surface area contributed by atoms with Crippen molar-refractivity contribution in [2.45, 2.75) is 64.8 Å². The largest absolute Gasteiger partial charge is 0.464 e. The fourth-order valence-corrected chi connectivity index (χ4v) is 4.32. The van der Waals surface area contributed by atoms with Crippen molar-refractivity contribution >= 4 is 35.1 Å². The minimum atomic E-state index is -0.925. The first-order chi connectivity index (χ1) is 12.3. The van der Waals surface area contributed by atoms with Crippen LogP contribution < -0.4 is 5.32 Å². The van der Waals surface area contributed by atoms with E-state index in [0.717, 1.165) is 30.4 Å². The second-order valence-corrected chi connectivity index (χ2v) is 7.91. The van der Waals surface area contributed by atoms with E-state index >= 15 is 0 Å². The number of ether oxygens (including phenoxy) is 1. The molecular weight excluding hydrogens is 373 g/mol. The molecule has 0 bridgehead atoms. The molecule has 6 heteroatoms. The van der Waals surface area contributed by atoms with Crippen molar-refractivity contribution in [2.24, 2.45) is 5.92 Å². The topological polar surface area (TPSA) is 55.4 Å². The van der Waals surface area contributed by atoms with Crippen molar-refractivity contribution in [1.82, 2.24) is 5.32 Å². The van der Waals surface area contributed by atoms with Gasteiger partial charge in [-0.15, -0.1) is 0 Å². The Balaban J connectivity index is 2.15. The summed E-state index contributed by atoms with van der Waals surface area (Å²) in [5, 5.41) is 3.98. The summed E-state index contributed by atoms with van der Waals surface area (Å²) in [6.07, 6.45) is 4.26. The number of halogens is 2. The van der Waals surface area contributed by atoms with Crippen LogP contribution in [-0.2, 0) is 20.7 Å². The Morgan fingerprint density at radius 1 is 1.23 bits per heavy atom. The molecule has 144 valence electrons. The van der Waals surface area contributed by atoms with Gasteiger partial charge in [-0.2, -0.15) is 0 Å². The van der Waals surface area contributed by atoms with Gasteiger partial charge < -0.3 is 10.1 Å². The van der Waals surface area contributed by atoms with Gasteiger partial charge in [-0.05, 0) is 68.7 Å². The number of hydrogen-bond donors (Lipinski definition) is 1. The van der Waals surface area contributed by atoms with E-state index in [1.54, 1.807) is 19.1 Å². The first kappa shape index (κ1) is 21.0. The first-order valence-corrected chi connectivity index (χ1v) is 9.99. The quantitative estimate of drug-likeness (QED) is 0.694. The fraction of sp³-hybridized carbons (Fsp3) is 0.600. The third-order valence-electron chi connectivity index (χ3n) is 5.30. The molecule has 2 rings (SSSR count). The smallest absolute Gasteiger partial charge is 0.331 e. The van der Waals surface area contributed by atoms with E-state index in [4.69, 9.17) is 27.9 Å². The molecule has 1 aromatic rings. The molecule has 26 heavy (non-hydrogen) atoms. The highest BCUT2D eigenvalue weighted by Gasteiger charge is 2.44. The Kier molecular flexibility index (Phi) is 7.36. The van der Waals surface area contributed by atoms with Crippen LogP contribution in [0.25, 0.3) is 0 Å². The average Bonchev–Trinajstić information content (AvgIpc) is 2.59. The molecule has 4 nitrogen and oxygen atoms in total. The van der Waals surface area contributed by atoms with Crippen molar-refractivity contribution < 1.29 is 14.3 Å². The standard InChI is InChI=1S/C20H27Cl2NO3/c1-4-14-6-8-20(9-7-14,19(25)26-5-2)23-18(24)12-16-13(3)10-15(21)11-17(16)22/h10-11,14H,4-9,12H2,1-3H3,(H,23,24). The molecule has 0 saturated heterocycles. The Labute approximate surface area is 165 Å². The summed E-state index contributed by atoms with van der Waals surface area (Å²) >= 11 is 12.2. The highest BCUT2D eigenvalue weighted by atomic mass is 35.5. The number of amides is 1. The molecule has 0 aliphatic heterocycles. The molecule has 1 aliphatic carbocycles. The summed E-state index contributed by atoms with van der Waals surface area (Å²) in [6.45, 7) is 6.11. The van der Waals surface area contributed by atoms with Crippen molar-refractivity contribution in [2.75, 3.05) is 6.61 Å². The van der Waals surface area contributed by atoms with Crippen LogP contribution in [0.15, 0.2) is 12.1 Å². The molecule has 1 amide bonds. The summed E-state index contributed by atoms with van der Waals surface area (Å²) in [7, 11) is 0.